The predicted molar refractivity (Wildman–Crippen MR) is 158 cm³/mol. The molecule has 0 spiro atoms. The SMILES string of the molecule is Nc1ncnc2c1c(-c1ccc(Oc3ccccc3)cc1)nn2C1CCN(C2CCN(CC(=O)OC(=O)C(F)(F)F)CC2)CC1F. The molecule has 2 atom stereocenters. The van der Waals surface area contributed by atoms with Gasteiger partial charge in [0.05, 0.1) is 18.0 Å². The molecular formula is C31H31F4N7O4. The zero-order chi connectivity index (χ0) is 32.4. The summed E-state index contributed by atoms with van der Waals surface area (Å²) >= 11 is 0. The van der Waals surface area contributed by atoms with E-state index in [1.807, 2.05) is 54.6 Å². The summed E-state index contributed by atoms with van der Waals surface area (Å²) in [5, 5.41) is 5.35. The number of esters is 2. The van der Waals surface area contributed by atoms with Gasteiger partial charge in [-0.2, -0.15) is 18.3 Å². The van der Waals surface area contributed by atoms with Gasteiger partial charge in [0.2, 0.25) is 0 Å². The van der Waals surface area contributed by atoms with Gasteiger partial charge >= 0.3 is 18.1 Å². The van der Waals surface area contributed by atoms with Crippen LogP contribution < -0.4 is 10.5 Å². The van der Waals surface area contributed by atoms with Crippen molar-refractivity contribution in [2.45, 2.75) is 43.7 Å². The number of hydrogen-bond donors (Lipinski definition) is 1. The van der Waals surface area contributed by atoms with E-state index < -0.39 is 36.9 Å². The van der Waals surface area contributed by atoms with Gasteiger partial charge in [-0.1, -0.05) is 18.2 Å². The van der Waals surface area contributed by atoms with Crippen LogP contribution in [0.3, 0.4) is 0 Å². The molecular weight excluding hydrogens is 610 g/mol. The zero-order valence-electron chi connectivity index (χ0n) is 24.6. The van der Waals surface area contributed by atoms with Crippen molar-refractivity contribution in [1.82, 2.24) is 29.5 Å². The number of nitrogens with zero attached hydrogens (tertiary/aromatic N) is 6. The first-order valence-corrected chi connectivity index (χ1v) is 14.8. The number of halogens is 4. The molecule has 0 radical (unpaired) electrons. The molecule has 2 aliphatic rings. The predicted octanol–water partition coefficient (Wildman–Crippen LogP) is 4.55. The average molecular weight is 642 g/mol. The Hall–Kier alpha value is -4.63. The maximum Gasteiger partial charge on any atom is 0.491 e. The second-order valence-corrected chi connectivity index (χ2v) is 11.3. The number of carbonyl (C=O) groups excluding carboxylic acids is 2. The molecule has 15 heteroatoms. The molecule has 2 N–H and O–H groups in total. The molecule has 0 bridgehead atoms. The summed E-state index contributed by atoms with van der Waals surface area (Å²) in [6, 6.07) is 16.2. The number of para-hydroxylation sites is 1. The molecule has 2 aromatic carbocycles. The van der Waals surface area contributed by atoms with Gasteiger partial charge in [0.25, 0.3) is 0 Å². The molecule has 242 valence electrons. The van der Waals surface area contributed by atoms with Crippen molar-refractivity contribution in [3.8, 4) is 22.8 Å². The normalized spacial score (nSPS) is 20.1. The van der Waals surface area contributed by atoms with Crippen LogP contribution in [0, 0.1) is 0 Å². The summed E-state index contributed by atoms with van der Waals surface area (Å²) < 4.78 is 64.4. The van der Waals surface area contributed by atoms with Gasteiger partial charge in [-0.15, -0.1) is 0 Å². The quantitative estimate of drug-likeness (QED) is 0.174. The van der Waals surface area contributed by atoms with Crippen molar-refractivity contribution in [2.75, 3.05) is 38.5 Å². The highest BCUT2D eigenvalue weighted by atomic mass is 19.4. The minimum atomic E-state index is -5.23. The lowest BCUT2D eigenvalue weighted by Gasteiger charge is -2.42. The van der Waals surface area contributed by atoms with Gasteiger partial charge in [0.1, 0.15) is 35.5 Å². The van der Waals surface area contributed by atoms with Gasteiger partial charge in [-0.3, -0.25) is 14.6 Å². The second kappa shape index (κ2) is 13.0. The van der Waals surface area contributed by atoms with Crippen LogP contribution in [-0.2, 0) is 14.3 Å². The average Bonchev–Trinajstić information content (AvgIpc) is 3.42. The van der Waals surface area contributed by atoms with Crippen molar-refractivity contribution in [3.05, 3.63) is 60.9 Å². The van der Waals surface area contributed by atoms with Gasteiger partial charge < -0.3 is 15.2 Å². The summed E-state index contributed by atoms with van der Waals surface area (Å²) in [5.41, 5.74) is 8.00. The minimum absolute atomic E-state index is 0.0304. The third-order valence-corrected chi connectivity index (χ3v) is 8.34. The summed E-state index contributed by atoms with van der Waals surface area (Å²) in [6.07, 6.45) is -3.55. The number of ether oxygens (including phenoxy) is 2. The number of anilines is 1. The van der Waals surface area contributed by atoms with E-state index in [4.69, 9.17) is 15.6 Å². The molecule has 4 aromatic rings. The fourth-order valence-corrected chi connectivity index (χ4v) is 6.08. The topological polar surface area (TPSA) is 129 Å². The van der Waals surface area contributed by atoms with Crippen LogP contribution in [0.15, 0.2) is 60.9 Å². The number of likely N-dealkylation sites (tertiary alicyclic amines) is 2. The summed E-state index contributed by atoms with van der Waals surface area (Å²) in [6.45, 7) is 1.11. The van der Waals surface area contributed by atoms with E-state index in [0.717, 1.165) is 5.56 Å². The Morgan fingerprint density at radius 2 is 1.63 bits per heavy atom. The van der Waals surface area contributed by atoms with Crippen LogP contribution in [0.25, 0.3) is 22.3 Å². The minimum Gasteiger partial charge on any atom is -0.457 e. The fourth-order valence-electron chi connectivity index (χ4n) is 6.08. The van der Waals surface area contributed by atoms with Crippen LogP contribution in [0.2, 0.25) is 0 Å². The number of hydrogen-bond acceptors (Lipinski definition) is 10. The van der Waals surface area contributed by atoms with Crippen molar-refractivity contribution in [2.24, 2.45) is 0 Å². The van der Waals surface area contributed by atoms with Gasteiger partial charge in [0.15, 0.2) is 5.65 Å². The van der Waals surface area contributed by atoms with Crippen LogP contribution in [0.1, 0.15) is 25.3 Å². The van der Waals surface area contributed by atoms with Crippen LogP contribution in [0.4, 0.5) is 23.4 Å². The zero-order valence-corrected chi connectivity index (χ0v) is 24.6. The lowest BCUT2D eigenvalue weighted by molar-refractivity contribution is -0.202. The van der Waals surface area contributed by atoms with E-state index in [0.29, 0.717) is 67.1 Å². The number of aromatic nitrogens is 4. The van der Waals surface area contributed by atoms with E-state index in [1.165, 1.54) is 6.33 Å². The van der Waals surface area contributed by atoms with E-state index in [2.05, 4.69) is 19.6 Å². The molecule has 2 unspecified atom stereocenters. The van der Waals surface area contributed by atoms with Crippen LogP contribution in [-0.4, -0.2) is 92.6 Å². The van der Waals surface area contributed by atoms with Crippen molar-refractivity contribution >= 4 is 28.8 Å². The number of nitrogen functional groups attached to an aromatic ring is 1. The third kappa shape index (κ3) is 6.79. The first-order chi connectivity index (χ1) is 22.1. The lowest BCUT2D eigenvalue weighted by atomic mass is 9.97. The molecule has 0 saturated carbocycles. The fraction of sp³-hybridized carbons (Fsp3) is 0.387. The number of nitrogens with two attached hydrogens (primary N) is 1. The monoisotopic (exact) mass is 641 g/mol. The maximum absolute atomic E-state index is 15.9. The molecule has 2 aliphatic heterocycles. The molecule has 2 aromatic heterocycles. The van der Waals surface area contributed by atoms with E-state index in [-0.39, 0.29) is 18.4 Å². The van der Waals surface area contributed by atoms with Crippen LogP contribution in [0.5, 0.6) is 11.5 Å². The number of piperidine rings is 2. The van der Waals surface area contributed by atoms with E-state index in [9.17, 15) is 22.8 Å². The Bertz CT molecular complexity index is 1690. The van der Waals surface area contributed by atoms with E-state index >= 15 is 4.39 Å². The summed E-state index contributed by atoms with van der Waals surface area (Å²) in [4.78, 5) is 35.0. The molecule has 2 fully saturated rings. The molecule has 6 rings (SSSR count). The van der Waals surface area contributed by atoms with Gasteiger partial charge in [-0.25, -0.2) is 23.8 Å². The molecule has 0 aliphatic carbocycles. The second-order valence-electron chi connectivity index (χ2n) is 11.3. The lowest BCUT2D eigenvalue weighted by Crippen LogP contribution is -2.52. The maximum atomic E-state index is 15.9. The van der Waals surface area contributed by atoms with Crippen molar-refractivity contribution in [1.29, 1.82) is 0 Å². The molecule has 2 saturated heterocycles. The number of rotatable bonds is 7. The number of benzene rings is 2. The smallest absolute Gasteiger partial charge is 0.457 e. The van der Waals surface area contributed by atoms with Crippen molar-refractivity contribution < 1.29 is 36.6 Å². The summed E-state index contributed by atoms with van der Waals surface area (Å²) in [7, 11) is 0. The van der Waals surface area contributed by atoms with Gasteiger partial charge in [0, 0.05) is 37.8 Å². The third-order valence-electron chi connectivity index (χ3n) is 8.34. The highest BCUT2D eigenvalue weighted by Gasteiger charge is 2.43. The molecule has 11 nitrogen and oxygen atoms in total. The number of fused-ring (bicyclic) bond motifs is 1. The van der Waals surface area contributed by atoms with Crippen LogP contribution >= 0.6 is 0 Å². The largest absolute Gasteiger partial charge is 0.491 e. The summed E-state index contributed by atoms with van der Waals surface area (Å²) in [5.74, 6) is -2.20. The van der Waals surface area contributed by atoms with E-state index in [1.54, 1.807) is 9.58 Å². The highest BCUT2D eigenvalue weighted by molar-refractivity contribution is 5.98. The Morgan fingerprint density at radius 3 is 2.30 bits per heavy atom. The highest BCUT2D eigenvalue weighted by Crippen LogP contribution is 2.36. The Kier molecular flexibility index (Phi) is 8.86. The standard InChI is InChI=1S/C31H31F4N7O4/c32-23-16-41(20-10-13-40(14-11-20)17-25(43)46-30(44)31(33,34)35)15-12-24(23)42-29-26(28(36)37-18-38-29)27(39-42)19-6-8-22(9-7-19)45-21-4-2-1-3-5-21/h1-9,18,20,23-24H,10-17H2,(H2,36,37,38). The molecule has 46 heavy (non-hydrogen) atoms. The number of alkyl halides is 4. The first-order valence-electron chi connectivity index (χ1n) is 14.8. The first kappa shape index (κ1) is 31.4. The Morgan fingerprint density at radius 1 is 0.935 bits per heavy atom. The number of carbonyl (C=O) groups is 2. The van der Waals surface area contributed by atoms with Gasteiger partial charge in [-0.05, 0) is 55.7 Å². The molecule has 0 amide bonds. The Labute approximate surface area is 260 Å². The Balaban J connectivity index is 1.10. The van der Waals surface area contributed by atoms with Crippen molar-refractivity contribution in [3.63, 3.8) is 0 Å². The molecule has 4 heterocycles.